The van der Waals surface area contributed by atoms with Crippen molar-refractivity contribution in [1.29, 1.82) is 0 Å². The maximum Gasteiger partial charge on any atom is 0.330 e. The van der Waals surface area contributed by atoms with Crippen LogP contribution in [0.3, 0.4) is 0 Å². The zero-order valence-corrected chi connectivity index (χ0v) is 20.5. The number of imide groups is 1. The van der Waals surface area contributed by atoms with Gasteiger partial charge in [0, 0.05) is 17.7 Å². The van der Waals surface area contributed by atoms with E-state index < -0.39 is 47.1 Å². The number of ketones is 1. The lowest BCUT2D eigenvalue weighted by Crippen LogP contribution is -2.49. The number of nitro benzene ring substituents is 1. The van der Waals surface area contributed by atoms with Gasteiger partial charge in [-0.3, -0.25) is 29.4 Å². The Kier molecular flexibility index (Phi) is 7.52. The highest BCUT2D eigenvalue weighted by Crippen LogP contribution is 2.45. The van der Waals surface area contributed by atoms with E-state index in [4.69, 9.17) is 51.1 Å². The van der Waals surface area contributed by atoms with E-state index in [-0.39, 0.29) is 42.5 Å². The van der Waals surface area contributed by atoms with Crippen molar-refractivity contribution in [2.45, 2.75) is 19.9 Å². The summed E-state index contributed by atoms with van der Waals surface area (Å²) in [7, 11) is 0. The van der Waals surface area contributed by atoms with Crippen molar-refractivity contribution in [3.05, 3.63) is 71.2 Å². The van der Waals surface area contributed by atoms with Crippen molar-refractivity contribution in [1.82, 2.24) is 4.90 Å². The number of amides is 2. The highest BCUT2D eigenvalue weighted by molar-refractivity contribution is 6.55. The standard InChI is InChI=1S/C21H14Cl4N2O7/c1-8(2)18(21(31)34-7-11(28)9-4-3-5-10(6-9)27(32)33)26-19(29)12-13(20(26)30)15(23)17(25)16(24)14(12)22/h3-6,8,18H,7H2,1-2H3/t18-/m0/s1. The van der Waals surface area contributed by atoms with Crippen LogP contribution in [0.25, 0.3) is 0 Å². The molecule has 0 spiro atoms. The molecular formula is C21H14Cl4N2O7. The van der Waals surface area contributed by atoms with E-state index in [1.54, 1.807) is 13.8 Å². The number of non-ortho nitro benzene ring substituents is 1. The van der Waals surface area contributed by atoms with E-state index in [2.05, 4.69) is 0 Å². The van der Waals surface area contributed by atoms with Crippen molar-refractivity contribution in [2.75, 3.05) is 6.61 Å². The van der Waals surface area contributed by atoms with Crippen LogP contribution in [0.4, 0.5) is 5.69 Å². The summed E-state index contributed by atoms with van der Waals surface area (Å²) < 4.78 is 5.08. The van der Waals surface area contributed by atoms with Gasteiger partial charge in [0.25, 0.3) is 17.5 Å². The van der Waals surface area contributed by atoms with E-state index in [9.17, 15) is 29.3 Å². The van der Waals surface area contributed by atoms with E-state index in [0.717, 1.165) is 6.07 Å². The number of carbonyl (C=O) groups excluding carboxylic acids is 4. The van der Waals surface area contributed by atoms with Crippen LogP contribution < -0.4 is 0 Å². The number of ether oxygens (including phenoxy) is 1. The number of carbonyl (C=O) groups is 4. The maximum absolute atomic E-state index is 13.1. The highest BCUT2D eigenvalue weighted by Gasteiger charge is 2.48. The number of hydrogen-bond acceptors (Lipinski definition) is 7. The van der Waals surface area contributed by atoms with Gasteiger partial charge in [0.15, 0.2) is 6.61 Å². The Bertz CT molecular complexity index is 1220. The molecule has 0 N–H and O–H groups in total. The molecule has 1 aliphatic rings. The minimum absolute atomic E-state index is 0.0494. The smallest absolute Gasteiger partial charge is 0.330 e. The van der Waals surface area contributed by atoms with Crippen molar-refractivity contribution >= 4 is 75.7 Å². The van der Waals surface area contributed by atoms with Gasteiger partial charge in [-0.2, -0.15) is 0 Å². The molecule has 0 bridgehead atoms. The summed E-state index contributed by atoms with van der Waals surface area (Å²) in [5.74, 6) is -4.25. The Labute approximate surface area is 212 Å². The third kappa shape index (κ3) is 4.48. The molecule has 34 heavy (non-hydrogen) atoms. The van der Waals surface area contributed by atoms with Crippen molar-refractivity contribution in [3.8, 4) is 0 Å². The zero-order valence-electron chi connectivity index (χ0n) is 17.4. The molecular weight excluding hydrogens is 534 g/mol. The Morgan fingerprint density at radius 1 is 1.00 bits per heavy atom. The average molecular weight is 548 g/mol. The molecule has 0 saturated heterocycles. The van der Waals surface area contributed by atoms with Crippen molar-refractivity contribution in [2.24, 2.45) is 5.92 Å². The molecule has 13 heteroatoms. The summed E-state index contributed by atoms with van der Waals surface area (Å²) in [5, 5.41) is 9.88. The summed E-state index contributed by atoms with van der Waals surface area (Å²) in [6.45, 7) is 2.34. The van der Waals surface area contributed by atoms with Crippen LogP contribution in [0, 0.1) is 16.0 Å². The molecule has 1 heterocycles. The molecule has 2 amide bonds. The van der Waals surface area contributed by atoms with Crippen molar-refractivity contribution < 1.29 is 28.8 Å². The first-order valence-electron chi connectivity index (χ1n) is 9.56. The summed E-state index contributed by atoms with van der Waals surface area (Å²) in [4.78, 5) is 62.3. The van der Waals surface area contributed by atoms with Gasteiger partial charge in [0.1, 0.15) is 6.04 Å². The van der Waals surface area contributed by atoms with Gasteiger partial charge in [-0.1, -0.05) is 72.4 Å². The minimum atomic E-state index is -1.44. The lowest BCUT2D eigenvalue weighted by atomic mass is 10.0. The highest BCUT2D eigenvalue weighted by atomic mass is 35.5. The summed E-state index contributed by atoms with van der Waals surface area (Å²) in [5.41, 5.74) is -0.949. The largest absolute Gasteiger partial charge is 0.456 e. The number of halogens is 4. The van der Waals surface area contributed by atoms with Crippen LogP contribution in [0.2, 0.25) is 20.1 Å². The molecule has 178 valence electrons. The topological polar surface area (TPSA) is 124 Å². The number of nitrogens with zero attached hydrogens (tertiary/aromatic N) is 2. The van der Waals surface area contributed by atoms with Gasteiger partial charge in [0.05, 0.1) is 36.1 Å². The molecule has 2 aromatic rings. The number of fused-ring (bicyclic) bond motifs is 1. The molecule has 1 aliphatic heterocycles. The second-order valence-corrected chi connectivity index (χ2v) is 9.03. The summed E-state index contributed by atoms with van der Waals surface area (Å²) in [6.07, 6.45) is 0. The number of benzene rings is 2. The normalized spacial score (nSPS) is 13.8. The molecule has 0 aliphatic carbocycles. The van der Waals surface area contributed by atoms with Gasteiger partial charge < -0.3 is 4.74 Å². The Balaban J connectivity index is 1.86. The van der Waals surface area contributed by atoms with Crippen LogP contribution in [0.5, 0.6) is 0 Å². The Hall–Kier alpha value is -2.72. The quantitative estimate of drug-likeness (QED) is 0.0880. The SMILES string of the molecule is CC(C)[C@@H](C(=O)OCC(=O)c1cccc([N+](=O)[O-])c1)N1C(=O)c2c(Cl)c(Cl)c(Cl)c(Cl)c2C1=O. The van der Waals surface area contributed by atoms with E-state index in [1.807, 2.05) is 0 Å². The first-order valence-corrected chi connectivity index (χ1v) is 11.1. The van der Waals surface area contributed by atoms with Gasteiger partial charge in [-0.15, -0.1) is 0 Å². The second-order valence-electron chi connectivity index (χ2n) is 7.51. The predicted molar refractivity (Wildman–Crippen MR) is 124 cm³/mol. The molecule has 0 saturated carbocycles. The van der Waals surface area contributed by atoms with E-state index in [1.165, 1.54) is 18.2 Å². The van der Waals surface area contributed by atoms with E-state index in [0.29, 0.717) is 4.90 Å². The number of esters is 1. The monoisotopic (exact) mass is 546 g/mol. The van der Waals surface area contributed by atoms with E-state index >= 15 is 0 Å². The number of Topliss-reactive ketones (excluding diaryl/α,β-unsaturated/α-hetero) is 1. The lowest BCUT2D eigenvalue weighted by molar-refractivity contribution is -0.384. The van der Waals surface area contributed by atoms with Gasteiger partial charge in [-0.05, 0) is 5.92 Å². The Morgan fingerprint density at radius 3 is 2.00 bits per heavy atom. The predicted octanol–water partition coefficient (Wildman–Crippen LogP) is 5.26. The molecule has 9 nitrogen and oxygen atoms in total. The second kappa shape index (κ2) is 9.87. The number of nitro groups is 1. The summed E-state index contributed by atoms with van der Waals surface area (Å²) in [6, 6.07) is 3.44. The maximum atomic E-state index is 13.1. The fraction of sp³-hybridized carbons (Fsp3) is 0.238. The molecule has 2 aromatic carbocycles. The molecule has 0 unspecified atom stereocenters. The number of hydrogen-bond donors (Lipinski definition) is 0. The van der Waals surface area contributed by atoms with Gasteiger partial charge >= 0.3 is 5.97 Å². The molecule has 3 rings (SSSR count). The first-order chi connectivity index (χ1) is 15.9. The zero-order chi connectivity index (χ0) is 25.5. The van der Waals surface area contributed by atoms with Crippen LogP contribution >= 0.6 is 46.4 Å². The fourth-order valence-corrected chi connectivity index (χ4v) is 4.41. The average Bonchev–Trinajstić information content (AvgIpc) is 3.05. The Morgan fingerprint density at radius 2 is 1.53 bits per heavy atom. The lowest BCUT2D eigenvalue weighted by Gasteiger charge is -2.27. The van der Waals surface area contributed by atoms with Crippen LogP contribution in [-0.4, -0.2) is 46.0 Å². The first kappa shape index (κ1) is 25.9. The third-order valence-corrected chi connectivity index (χ3v) is 6.81. The minimum Gasteiger partial charge on any atom is -0.456 e. The van der Waals surface area contributed by atoms with Crippen LogP contribution in [0.15, 0.2) is 24.3 Å². The molecule has 0 aromatic heterocycles. The van der Waals surface area contributed by atoms with Crippen LogP contribution in [0.1, 0.15) is 44.9 Å². The molecule has 0 radical (unpaired) electrons. The fourth-order valence-electron chi connectivity index (χ4n) is 3.39. The molecule has 1 atom stereocenters. The van der Waals surface area contributed by atoms with Crippen LogP contribution in [-0.2, 0) is 9.53 Å². The molecule has 0 fully saturated rings. The van der Waals surface area contributed by atoms with Crippen molar-refractivity contribution in [3.63, 3.8) is 0 Å². The van der Waals surface area contributed by atoms with Gasteiger partial charge in [-0.25, -0.2) is 4.79 Å². The summed E-state index contributed by atoms with van der Waals surface area (Å²) >= 11 is 24.3. The number of rotatable bonds is 7. The van der Waals surface area contributed by atoms with Gasteiger partial charge in [0.2, 0.25) is 5.78 Å². The third-order valence-electron chi connectivity index (χ3n) is 5.01.